The molecule has 2 heterocycles. The van der Waals surface area contributed by atoms with Crippen LogP contribution in [0, 0.1) is 11.8 Å². The van der Waals surface area contributed by atoms with Gasteiger partial charge >= 0.3 is 12.2 Å². The van der Waals surface area contributed by atoms with Crippen molar-refractivity contribution < 1.29 is 19.1 Å². The Labute approximate surface area is 351 Å². The average molecular weight is 799 g/mol. The first-order valence-corrected chi connectivity index (χ1v) is 23.8. The molecule has 58 heavy (non-hydrogen) atoms. The van der Waals surface area contributed by atoms with Gasteiger partial charge < -0.3 is 9.47 Å². The van der Waals surface area contributed by atoms with Gasteiger partial charge in [-0.05, 0) is 61.8 Å². The van der Waals surface area contributed by atoms with E-state index in [-0.39, 0.29) is 11.6 Å². The number of carbonyl (C=O) groups is 2. The molecule has 2 aromatic heterocycles. The maximum atomic E-state index is 14.3. The van der Waals surface area contributed by atoms with Gasteiger partial charge in [0.1, 0.15) is 0 Å². The molecule has 0 spiro atoms. The smallest absolute Gasteiger partial charge is 0.420 e. The number of benzene rings is 2. The van der Waals surface area contributed by atoms with Crippen molar-refractivity contribution in [2.45, 2.75) is 195 Å². The SMILES string of the molecule is CCCCCCCCC(CCCCCCC)COC(=O)n1c(-c2nc3ccccc3n2C(=O)OCC(CCCCCCC)CCCCCCCC)nc2ccccc21. The van der Waals surface area contributed by atoms with Crippen LogP contribution in [-0.2, 0) is 9.47 Å². The predicted octanol–water partition coefficient (Wildman–Crippen LogP) is 15.5. The van der Waals surface area contributed by atoms with Crippen molar-refractivity contribution in [1.29, 1.82) is 0 Å². The van der Waals surface area contributed by atoms with Gasteiger partial charge in [0.25, 0.3) is 0 Å². The molecule has 0 aliphatic carbocycles. The number of hydrogen-bond donors (Lipinski definition) is 0. The molecule has 0 aliphatic rings. The van der Waals surface area contributed by atoms with Gasteiger partial charge in [0.2, 0.25) is 0 Å². The van der Waals surface area contributed by atoms with Gasteiger partial charge in [-0.15, -0.1) is 0 Å². The van der Waals surface area contributed by atoms with Crippen molar-refractivity contribution in [3.63, 3.8) is 0 Å². The Morgan fingerprint density at radius 1 is 0.448 bits per heavy atom. The van der Waals surface area contributed by atoms with Gasteiger partial charge in [0.15, 0.2) is 11.6 Å². The zero-order chi connectivity index (χ0) is 41.2. The molecule has 2 atom stereocenters. The average Bonchev–Trinajstić information content (AvgIpc) is 3.82. The number of carbonyl (C=O) groups excluding carboxylic acids is 2. The molecule has 4 aromatic rings. The largest absolute Gasteiger partial charge is 0.449 e. The van der Waals surface area contributed by atoms with Crippen LogP contribution in [-0.4, -0.2) is 44.5 Å². The standard InChI is InChI=1S/C50H78N4O4/c1-5-9-13-17-21-25-33-41(31-23-19-15-11-7-3)39-57-49(55)53-45-37-29-27-35-43(45)51-47(53)48-52-44-36-28-30-38-46(44)54(48)50(56)58-40-42(32-24-20-16-12-8-4)34-26-22-18-14-10-6-2/h27-30,35-38,41-42H,5-26,31-34,39-40H2,1-4H3. The molecule has 0 fully saturated rings. The molecule has 8 nitrogen and oxygen atoms in total. The van der Waals surface area contributed by atoms with Gasteiger partial charge in [0, 0.05) is 0 Å². The second kappa shape index (κ2) is 27.9. The first-order chi connectivity index (χ1) is 28.5. The summed E-state index contributed by atoms with van der Waals surface area (Å²) in [7, 11) is 0. The molecule has 0 saturated heterocycles. The van der Waals surface area contributed by atoms with E-state index in [1.165, 1.54) is 125 Å². The van der Waals surface area contributed by atoms with E-state index in [1.807, 2.05) is 48.5 Å². The number of fused-ring (bicyclic) bond motifs is 2. The summed E-state index contributed by atoms with van der Waals surface area (Å²) in [6.07, 6.45) is 30.5. The molecule has 0 bridgehead atoms. The lowest BCUT2D eigenvalue weighted by Gasteiger charge is -2.19. The first kappa shape index (κ1) is 47.0. The second-order valence-electron chi connectivity index (χ2n) is 16.9. The number of rotatable bonds is 31. The molecule has 0 saturated carbocycles. The maximum Gasteiger partial charge on any atom is 0.420 e. The molecule has 4 rings (SSSR count). The van der Waals surface area contributed by atoms with Gasteiger partial charge in [-0.25, -0.2) is 28.7 Å². The van der Waals surface area contributed by atoms with Crippen molar-refractivity contribution in [2.75, 3.05) is 13.2 Å². The lowest BCUT2D eigenvalue weighted by molar-refractivity contribution is 0.121. The molecular formula is C50H78N4O4. The number of imidazole rings is 2. The van der Waals surface area contributed by atoms with Crippen LogP contribution < -0.4 is 0 Å². The summed E-state index contributed by atoms with van der Waals surface area (Å²) in [6, 6.07) is 15.2. The Morgan fingerprint density at radius 2 is 0.741 bits per heavy atom. The fourth-order valence-corrected chi connectivity index (χ4v) is 8.35. The molecule has 0 radical (unpaired) electrons. The third-order valence-electron chi connectivity index (χ3n) is 11.9. The molecule has 0 amide bonds. The zero-order valence-electron chi connectivity index (χ0n) is 37.0. The number of nitrogens with zero attached hydrogens (tertiary/aromatic N) is 4. The van der Waals surface area contributed by atoms with Crippen molar-refractivity contribution >= 4 is 34.3 Å². The Kier molecular flexibility index (Phi) is 22.6. The number of para-hydroxylation sites is 4. The highest BCUT2D eigenvalue weighted by Gasteiger charge is 2.28. The van der Waals surface area contributed by atoms with E-state index in [4.69, 9.17) is 19.4 Å². The Bertz CT molecular complexity index is 1600. The van der Waals surface area contributed by atoms with E-state index in [0.717, 1.165) is 51.4 Å². The molecule has 322 valence electrons. The van der Waals surface area contributed by atoms with Crippen molar-refractivity contribution in [3.8, 4) is 11.6 Å². The van der Waals surface area contributed by atoms with E-state index in [2.05, 4.69) is 27.7 Å². The normalized spacial score (nSPS) is 12.7. The first-order valence-electron chi connectivity index (χ1n) is 23.8. The summed E-state index contributed by atoms with van der Waals surface area (Å²) >= 11 is 0. The summed E-state index contributed by atoms with van der Waals surface area (Å²) < 4.78 is 15.4. The van der Waals surface area contributed by atoms with Gasteiger partial charge in [-0.1, -0.05) is 193 Å². The lowest BCUT2D eigenvalue weighted by Crippen LogP contribution is -2.23. The minimum atomic E-state index is -0.489. The minimum Gasteiger partial charge on any atom is -0.449 e. The zero-order valence-corrected chi connectivity index (χ0v) is 37.0. The fourth-order valence-electron chi connectivity index (χ4n) is 8.35. The van der Waals surface area contributed by atoms with Crippen LogP contribution in [0.1, 0.15) is 195 Å². The monoisotopic (exact) mass is 799 g/mol. The van der Waals surface area contributed by atoms with E-state index in [1.54, 1.807) is 0 Å². The van der Waals surface area contributed by atoms with Gasteiger partial charge in [-0.2, -0.15) is 0 Å². The second-order valence-corrected chi connectivity index (χ2v) is 16.9. The van der Waals surface area contributed by atoms with Crippen LogP contribution in [0.3, 0.4) is 0 Å². The molecule has 8 heteroatoms. The summed E-state index contributed by atoms with van der Waals surface area (Å²) in [4.78, 5) is 38.5. The molecule has 0 N–H and O–H groups in total. The van der Waals surface area contributed by atoms with Crippen molar-refractivity contribution in [3.05, 3.63) is 48.5 Å². The summed E-state index contributed by atoms with van der Waals surface area (Å²) in [5, 5.41) is 0. The van der Waals surface area contributed by atoms with E-state index in [0.29, 0.717) is 47.1 Å². The van der Waals surface area contributed by atoms with Crippen LogP contribution in [0.4, 0.5) is 9.59 Å². The fraction of sp³-hybridized carbons (Fsp3) is 0.680. The van der Waals surface area contributed by atoms with E-state index in [9.17, 15) is 9.59 Å². The summed E-state index contributed by atoms with van der Waals surface area (Å²) in [6.45, 7) is 9.73. The Hall–Kier alpha value is -3.68. The number of ether oxygens (including phenoxy) is 2. The van der Waals surface area contributed by atoms with Crippen LogP contribution in [0.25, 0.3) is 33.7 Å². The number of unbranched alkanes of at least 4 members (excludes halogenated alkanes) is 18. The highest BCUT2D eigenvalue weighted by molar-refractivity contribution is 5.96. The van der Waals surface area contributed by atoms with Crippen molar-refractivity contribution in [2.24, 2.45) is 11.8 Å². The maximum absolute atomic E-state index is 14.3. The van der Waals surface area contributed by atoms with Crippen LogP contribution >= 0.6 is 0 Å². The highest BCUT2D eigenvalue weighted by Crippen LogP contribution is 2.30. The third-order valence-corrected chi connectivity index (χ3v) is 11.9. The third kappa shape index (κ3) is 15.5. The molecule has 2 unspecified atom stereocenters. The molecule has 0 aliphatic heterocycles. The summed E-state index contributed by atoms with van der Waals surface area (Å²) in [5.74, 6) is 1.19. The highest BCUT2D eigenvalue weighted by atomic mass is 16.6. The number of hydrogen-bond acceptors (Lipinski definition) is 6. The predicted molar refractivity (Wildman–Crippen MR) is 242 cm³/mol. The van der Waals surface area contributed by atoms with Crippen molar-refractivity contribution in [1.82, 2.24) is 19.1 Å². The number of aromatic nitrogens is 4. The quantitative estimate of drug-likeness (QED) is 0.0471. The Morgan fingerprint density at radius 3 is 1.07 bits per heavy atom. The lowest BCUT2D eigenvalue weighted by atomic mass is 9.95. The summed E-state index contributed by atoms with van der Waals surface area (Å²) in [5.41, 5.74) is 2.54. The minimum absolute atomic E-state index is 0.283. The van der Waals surface area contributed by atoms with E-state index < -0.39 is 12.2 Å². The van der Waals surface area contributed by atoms with E-state index >= 15 is 0 Å². The molecule has 2 aromatic carbocycles. The van der Waals surface area contributed by atoms with Gasteiger partial charge in [-0.3, -0.25) is 0 Å². The van der Waals surface area contributed by atoms with Crippen LogP contribution in [0.15, 0.2) is 48.5 Å². The van der Waals surface area contributed by atoms with Crippen LogP contribution in [0.2, 0.25) is 0 Å². The van der Waals surface area contributed by atoms with Gasteiger partial charge in [0.05, 0.1) is 35.3 Å². The Balaban J connectivity index is 1.55. The topological polar surface area (TPSA) is 88.2 Å². The van der Waals surface area contributed by atoms with Crippen LogP contribution in [0.5, 0.6) is 0 Å². The molecular weight excluding hydrogens is 721 g/mol.